The van der Waals surface area contributed by atoms with E-state index >= 15 is 0 Å². The molecule has 0 aromatic carbocycles. The first-order chi connectivity index (χ1) is 2.00. The molecule has 0 saturated carbocycles. The Morgan fingerprint density at radius 1 is 1.29 bits per heavy atom. The molecule has 0 aromatic rings. The molecule has 0 heterocycles. The van der Waals surface area contributed by atoms with Crippen LogP contribution in [0.25, 0.3) is 0 Å². The summed E-state index contributed by atoms with van der Waals surface area (Å²) >= 11 is 0. The molecule has 7 heavy (non-hydrogen) atoms. The molecular formula is H3CuO4RbS. The molecule has 0 amide bonds. The van der Waals surface area contributed by atoms with Crippen molar-refractivity contribution >= 4 is 10.4 Å². The van der Waals surface area contributed by atoms with Gasteiger partial charge >= 0.3 is 68.6 Å². The van der Waals surface area contributed by atoms with Gasteiger partial charge in [-0.1, -0.05) is 0 Å². The van der Waals surface area contributed by atoms with E-state index in [1.54, 1.807) is 0 Å². The quantitative estimate of drug-likeness (QED) is 0.344. The maximum atomic E-state index is 8.74. The van der Waals surface area contributed by atoms with E-state index in [2.05, 4.69) is 0 Å². The Kier molecular flexibility index (Phi) is 14.5. The van der Waals surface area contributed by atoms with Crippen LogP contribution in [-0.2, 0) is 27.5 Å². The molecule has 4 nitrogen and oxygen atoms in total. The topological polar surface area (TPSA) is 74.6 Å². The van der Waals surface area contributed by atoms with Crippen molar-refractivity contribution in [3.63, 3.8) is 0 Å². The second-order valence-corrected chi connectivity index (χ2v) is 1.34. The minimum absolute atomic E-state index is 0. The molecule has 0 aliphatic heterocycles. The van der Waals surface area contributed by atoms with Crippen molar-refractivity contribution in [3.8, 4) is 0 Å². The number of rotatable bonds is 0. The van der Waals surface area contributed by atoms with Gasteiger partial charge in [0.2, 0.25) is 0 Å². The molecule has 0 unspecified atom stereocenters. The molecular weight excluding hydrogens is 245 g/mol. The Bertz CT molecular complexity index is 99.2. The summed E-state index contributed by atoms with van der Waals surface area (Å²) in [6.07, 6.45) is 0. The SMILES string of the molecule is O=S(=O)(O)O.[Cu].[H-].[Rb+]. The van der Waals surface area contributed by atoms with Crippen LogP contribution in [0.4, 0.5) is 0 Å². The van der Waals surface area contributed by atoms with Crippen LogP contribution in [0.3, 0.4) is 0 Å². The van der Waals surface area contributed by atoms with Crippen molar-refractivity contribution in [2.45, 2.75) is 0 Å². The first-order valence-electron chi connectivity index (χ1n) is 0.698. The Balaban J connectivity index is -0.0000000267. The standard InChI is InChI=1S/Cu.H2O4S.Rb.H/c;1-5(2,3)4;;/h;(H2,1,2,3,4);;/q;;+1;-1. The fraction of sp³-hybridized carbons (Fsp3) is 0. The third-order valence-electron chi connectivity index (χ3n) is 0. The summed E-state index contributed by atoms with van der Waals surface area (Å²) in [6, 6.07) is 0. The van der Waals surface area contributed by atoms with Gasteiger partial charge in [-0.2, -0.15) is 8.42 Å². The first-order valence-corrected chi connectivity index (χ1v) is 2.10. The second-order valence-electron chi connectivity index (χ2n) is 0.448. The van der Waals surface area contributed by atoms with Crippen molar-refractivity contribution in [2.24, 2.45) is 0 Å². The van der Waals surface area contributed by atoms with Crippen molar-refractivity contribution in [1.82, 2.24) is 0 Å². The van der Waals surface area contributed by atoms with Crippen LogP contribution >= 0.6 is 0 Å². The van der Waals surface area contributed by atoms with Crippen LogP contribution in [0.2, 0.25) is 0 Å². The normalized spacial score (nSPS) is 8.29. The van der Waals surface area contributed by atoms with Crippen LogP contribution in [0.1, 0.15) is 1.43 Å². The first kappa shape index (κ1) is 16.1. The van der Waals surface area contributed by atoms with Gasteiger partial charge < -0.3 is 1.43 Å². The van der Waals surface area contributed by atoms with Gasteiger partial charge in [0, 0.05) is 17.1 Å². The van der Waals surface area contributed by atoms with Crippen molar-refractivity contribution in [1.29, 1.82) is 0 Å². The zero-order valence-corrected chi connectivity index (χ0v) is 10.1. The zero-order chi connectivity index (χ0) is 4.50. The molecule has 0 fully saturated rings. The van der Waals surface area contributed by atoms with Gasteiger partial charge in [0.1, 0.15) is 0 Å². The van der Waals surface area contributed by atoms with E-state index in [0.717, 1.165) is 0 Å². The summed E-state index contributed by atoms with van der Waals surface area (Å²) in [7, 11) is -4.67. The molecule has 0 saturated heterocycles. The zero-order valence-electron chi connectivity index (χ0n) is 4.42. The molecule has 0 aromatic heterocycles. The Morgan fingerprint density at radius 3 is 1.29 bits per heavy atom. The minimum Gasteiger partial charge on any atom is -1.00 e. The minimum atomic E-state index is -4.67. The molecule has 0 aliphatic carbocycles. The Morgan fingerprint density at radius 2 is 1.29 bits per heavy atom. The van der Waals surface area contributed by atoms with Crippen LogP contribution in [-0.4, -0.2) is 17.5 Å². The van der Waals surface area contributed by atoms with Crippen LogP contribution in [0, 0.1) is 0 Å². The Labute approximate surface area is 102 Å². The van der Waals surface area contributed by atoms with E-state index in [4.69, 9.17) is 17.5 Å². The van der Waals surface area contributed by atoms with Crippen molar-refractivity contribution in [3.05, 3.63) is 0 Å². The van der Waals surface area contributed by atoms with Gasteiger partial charge in [-0.05, 0) is 0 Å². The van der Waals surface area contributed by atoms with Crippen LogP contribution in [0.15, 0.2) is 0 Å². The molecule has 0 aliphatic rings. The summed E-state index contributed by atoms with van der Waals surface area (Å²) in [6.45, 7) is 0. The van der Waals surface area contributed by atoms with E-state index in [0.29, 0.717) is 0 Å². The van der Waals surface area contributed by atoms with Gasteiger partial charge in [0.15, 0.2) is 0 Å². The van der Waals surface area contributed by atoms with Crippen molar-refractivity contribution in [2.75, 3.05) is 0 Å². The number of hydrogen-bond donors (Lipinski definition) is 2. The maximum Gasteiger partial charge on any atom is 1.00 e. The van der Waals surface area contributed by atoms with Crippen molar-refractivity contribution < 1.29 is 94.2 Å². The van der Waals surface area contributed by atoms with Gasteiger partial charge in [-0.15, -0.1) is 0 Å². The molecule has 0 spiro atoms. The third-order valence-corrected chi connectivity index (χ3v) is 0. The fourth-order valence-electron chi connectivity index (χ4n) is 0. The molecule has 0 bridgehead atoms. The Hall–Kier alpha value is 2.19. The third kappa shape index (κ3) is 65.3. The van der Waals surface area contributed by atoms with E-state index in [-0.39, 0.29) is 76.7 Å². The second kappa shape index (κ2) is 6.32. The average Bonchev–Trinajstić information content (AvgIpc) is 0.722. The summed E-state index contributed by atoms with van der Waals surface area (Å²) in [5, 5.41) is 0. The monoisotopic (exact) mass is 247 g/mol. The molecule has 0 rings (SSSR count). The summed E-state index contributed by atoms with van der Waals surface area (Å²) in [5.41, 5.74) is 0. The molecule has 45 valence electrons. The smallest absolute Gasteiger partial charge is 1.00 e. The van der Waals surface area contributed by atoms with Gasteiger partial charge in [0.05, 0.1) is 0 Å². The van der Waals surface area contributed by atoms with Crippen LogP contribution in [0.5, 0.6) is 0 Å². The molecule has 0 atom stereocenters. The molecule has 1 radical (unpaired) electrons. The van der Waals surface area contributed by atoms with Gasteiger partial charge in [0.25, 0.3) is 0 Å². The van der Waals surface area contributed by atoms with Crippen LogP contribution < -0.4 is 58.2 Å². The largest absolute Gasteiger partial charge is 1.00 e. The van der Waals surface area contributed by atoms with E-state index in [1.807, 2.05) is 0 Å². The fourth-order valence-corrected chi connectivity index (χ4v) is 0. The predicted octanol–water partition coefficient (Wildman–Crippen LogP) is -3.54. The van der Waals surface area contributed by atoms with Gasteiger partial charge in [-0.3, -0.25) is 9.11 Å². The van der Waals surface area contributed by atoms with Gasteiger partial charge in [-0.25, -0.2) is 0 Å². The summed E-state index contributed by atoms with van der Waals surface area (Å²) in [4.78, 5) is 0. The summed E-state index contributed by atoms with van der Waals surface area (Å²) < 4.78 is 31.6. The molecule has 2 N–H and O–H groups in total. The van der Waals surface area contributed by atoms with E-state index < -0.39 is 10.4 Å². The summed E-state index contributed by atoms with van der Waals surface area (Å²) in [5.74, 6) is 0. The predicted molar refractivity (Wildman–Crippen MR) is 15.3 cm³/mol. The van der Waals surface area contributed by atoms with E-state index in [1.165, 1.54) is 0 Å². The van der Waals surface area contributed by atoms with E-state index in [9.17, 15) is 0 Å². The molecule has 7 heteroatoms. The average molecular weight is 248 g/mol. The maximum absolute atomic E-state index is 8.74. The number of hydrogen-bond acceptors (Lipinski definition) is 2.